The molecule has 1 N–H and O–H groups in total. The Morgan fingerprint density at radius 1 is 1.13 bits per heavy atom. The number of anilines is 1. The van der Waals surface area contributed by atoms with Crippen molar-refractivity contribution in [1.29, 1.82) is 0 Å². The number of benzene rings is 2. The summed E-state index contributed by atoms with van der Waals surface area (Å²) in [6, 6.07) is 9.60. The molecule has 0 aliphatic carbocycles. The van der Waals surface area contributed by atoms with Crippen molar-refractivity contribution in [1.82, 2.24) is 9.78 Å². The van der Waals surface area contributed by atoms with Crippen molar-refractivity contribution >= 4 is 33.2 Å². The van der Waals surface area contributed by atoms with Gasteiger partial charge in [-0.25, -0.2) is 13.1 Å². The van der Waals surface area contributed by atoms with Crippen LogP contribution in [0.2, 0.25) is 5.02 Å². The zero-order chi connectivity index (χ0) is 22.3. The molecule has 11 heteroatoms. The summed E-state index contributed by atoms with van der Waals surface area (Å²) in [6.07, 6.45) is -3.57. The maximum Gasteiger partial charge on any atom is 0.416 e. The first-order valence-corrected chi connectivity index (χ1v) is 10.7. The Hall–Kier alpha value is -2.85. The second-order valence-electron chi connectivity index (χ2n) is 6.50. The molecule has 0 saturated carbocycles. The summed E-state index contributed by atoms with van der Waals surface area (Å²) >= 11 is 6.08. The number of hydrogen-bond donors (Lipinski definition) is 1. The summed E-state index contributed by atoms with van der Waals surface area (Å²) in [5.41, 5.74) is -0.518. The number of alkyl halides is 3. The predicted octanol–water partition coefficient (Wildman–Crippen LogP) is 4.51. The summed E-state index contributed by atoms with van der Waals surface area (Å²) in [6.45, 7) is 1.60. The molecule has 0 spiro atoms. The van der Waals surface area contributed by atoms with E-state index < -0.39 is 27.5 Å². The van der Waals surface area contributed by atoms with E-state index >= 15 is 0 Å². The summed E-state index contributed by atoms with van der Waals surface area (Å²) in [5, 5.41) is 6.66. The average molecular weight is 458 g/mol. The number of halogens is 4. The molecule has 0 saturated heterocycles. The first-order valence-electron chi connectivity index (χ1n) is 8.41. The van der Waals surface area contributed by atoms with Crippen molar-refractivity contribution in [2.24, 2.45) is 0 Å². The molecular weight excluding hydrogens is 443 g/mol. The first kappa shape index (κ1) is 21.8. The summed E-state index contributed by atoms with van der Waals surface area (Å²) < 4.78 is 63.8. The van der Waals surface area contributed by atoms with Gasteiger partial charge in [0.1, 0.15) is 5.82 Å². The molecule has 30 heavy (non-hydrogen) atoms. The van der Waals surface area contributed by atoms with Crippen LogP contribution in [0.15, 0.2) is 53.4 Å². The molecule has 2 aromatic carbocycles. The maximum atomic E-state index is 13.1. The van der Waals surface area contributed by atoms with E-state index in [-0.39, 0.29) is 27.0 Å². The molecule has 6 nitrogen and oxygen atoms in total. The summed E-state index contributed by atoms with van der Waals surface area (Å²) in [4.78, 5) is 12.6. The van der Waals surface area contributed by atoms with E-state index in [1.165, 1.54) is 30.3 Å². The minimum absolute atomic E-state index is 0.000623. The van der Waals surface area contributed by atoms with Gasteiger partial charge >= 0.3 is 6.18 Å². The quantitative estimate of drug-likeness (QED) is 0.625. The highest BCUT2D eigenvalue weighted by molar-refractivity contribution is 7.90. The zero-order valence-corrected chi connectivity index (χ0v) is 17.2. The van der Waals surface area contributed by atoms with Gasteiger partial charge in [-0.2, -0.15) is 18.3 Å². The molecule has 0 atom stereocenters. The molecule has 3 aromatic rings. The van der Waals surface area contributed by atoms with E-state index in [0.29, 0.717) is 5.69 Å². The lowest BCUT2D eigenvalue weighted by atomic mass is 10.2. The van der Waals surface area contributed by atoms with E-state index in [2.05, 4.69) is 10.4 Å². The Kier molecular flexibility index (Phi) is 5.66. The van der Waals surface area contributed by atoms with Crippen molar-refractivity contribution in [3.05, 3.63) is 70.4 Å². The van der Waals surface area contributed by atoms with Crippen molar-refractivity contribution in [3.8, 4) is 5.69 Å². The summed E-state index contributed by atoms with van der Waals surface area (Å²) in [5.74, 6) is -0.590. The summed E-state index contributed by atoms with van der Waals surface area (Å²) in [7, 11) is -3.52. The molecule has 0 fully saturated rings. The van der Waals surface area contributed by atoms with Gasteiger partial charge in [-0.15, -0.1) is 0 Å². The number of nitrogens with zero attached hydrogens (tertiary/aromatic N) is 2. The van der Waals surface area contributed by atoms with E-state index in [9.17, 15) is 26.4 Å². The molecule has 0 unspecified atom stereocenters. The van der Waals surface area contributed by atoms with Crippen LogP contribution < -0.4 is 5.32 Å². The van der Waals surface area contributed by atoms with Gasteiger partial charge in [0.25, 0.3) is 5.91 Å². The highest BCUT2D eigenvalue weighted by Crippen LogP contribution is 2.34. The van der Waals surface area contributed by atoms with Crippen LogP contribution in [-0.4, -0.2) is 30.4 Å². The monoisotopic (exact) mass is 457 g/mol. The number of hydrogen-bond acceptors (Lipinski definition) is 4. The second kappa shape index (κ2) is 7.77. The number of aromatic nitrogens is 2. The fourth-order valence-corrected chi connectivity index (χ4v) is 3.54. The topological polar surface area (TPSA) is 81.1 Å². The SMILES string of the molecule is Cc1cc(NC(=O)c2cccc(S(C)(=O)=O)c2)n(-c2cc(C(F)(F)F)ccc2Cl)n1. The van der Waals surface area contributed by atoms with Gasteiger partial charge in [0.2, 0.25) is 0 Å². The number of amides is 1. The Balaban J connectivity index is 2.01. The Morgan fingerprint density at radius 3 is 2.47 bits per heavy atom. The minimum Gasteiger partial charge on any atom is -0.306 e. The number of aryl methyl sites for hydroxylation is 1. The number of nitrogens with one attached hydrogen (secondary N) is 1. The largest absolute Gasteiger partial charge is 0.416 e. The third-order valence-corrected chi connectivity index (χ3v) is 5.53. The lowest BCUT2D eigenvalue weighted by Crippen LogP contribution is -2.16. The fraction of sp³-hybridized carbons (Fsp3) is 0.158. The maximum absolute atomic E-state index is 13.1. The van der Waals surface area contributed by atoms with Crippen LogP contribution in [0.4, 0.5) is 19.0 Å². The minimum atomic E-state index is -4.59. The molecule has 1 aromatic heterocycles. The van der Waals surface area contributed by atoms with Gasteiger partial charge in [-0.3, -0.25) is 4.79 Å². The average Bonchev–Trinajstić information content (AvgIpc) is 3.00. The van der Waals surface area contributed by atoms with Crippen LogP contribution >= 0.6 is 11.6 Å². The van der Waals surface area contributed by atoms with Gasteiger partial charge in [0, 0.05) is 17.9 Å². The number of sulfone groups is 1. The number of carbonyl (C=O) groups excluding carboxylic acids is 1. The molecular formula is C19H15ClF3N3O3S. The molecule has 0 radical (unpaired) electrons. The zero-order valence-electron chi connectivity index (χ0n) is 15.7. The van der Waals surface area contributed by atoms with Crippen molar-refractivity contribution in [2.75, 3.05) is 11.6 Å². The Bertz CT molecular complexity index is 1240. The van der Waals surface area contributed by atoms with Gasteiger partial charge in [-0.1, -0.05) is 17.7 Å². The molecule has 1 amide bonds. The van der Waals surface area contributed by atoms with Crippen molar-refractivity contribution in [3.63, 3.8) is 0 Å². The molecule has 1 heterocycles. The van der Waals surface area contributed by atoms with Crippen LogP contribution in [0.3, 0.4) is 0 Å². The van der Waals surface area contributed by atoms with Gasteiger partial charge < -0.3 is 5.32 Å². The normalized spacial score (nSPS) is 12.1. The van der Waals surface area contributed by atoms with Gasteiger partial charge in [0.15, 0.2) is 9.84 Å². The highest BCUT2D eigenvalue weighted by Gasteiger charge is 2.31. The van der Waals surface area contributed by atoms with E-state index in [1.54, 1.807) is 6.92 Å². The van der Waals surface area contributed by atoms with E-state index in [0.717, 1.165) is 29.1 Å². The number of carbonyl (C=O) groups is 1. The van der Waals surface area contributed by atoms with Crippen LogP contribution in [0.5, 0.6) is 0 Å². The first-order chi connectivity index (χ1) is 13.9. The smallest absolute Gasteiger partial charge is 0.306 e. The van der Waals surface area contributed by atoms with Crippen LogP contribution in [-0.2, 0) is 16.0 Å². The Morgan fingerprint density at radius 2 is 1.83 bits per heavy atom. The van der Waals surface area contributed by atoms with Gasteiger partial charge in [-0.05, 0) is 43.3 Å². The van der Waals surface area contributed by atoms with E-state index in [1.807, 2.05) is 0 Å². The van der Waals surface area contributed by atoms with Crippen molar-refractivity contribution < 1.29 is 26.4 Å². The highest BCUT2D eigenvalue weighted by atomic mass is 35.5. The third-order valence-electron chi connectivity index (χ3n) is 4.10. The Labute approximate surface area is 175 Å². The van der Waals surface area contributed by atoms with Crippen molar-refractivity contribution in [2.45, 2.75) is 18.0 Å². The lowest BCUT2D eigenvalue weighted by Gasteiger charge is -2.13. The second-order valence-corrected chi connectivity index (χ2v) is 8.92. The third kappa shape index (κ3) is 4.65. The lowest BCUT2D eigenvalue weighted by molar-refractivity contribution is -0.137. The molecule has 158 valence electrons. The fourth-order valence-electron chi connectivity index (χ4n) is 2.68. The van der Waals surface area contributed by atoms with E-state index in [4.69, 9.17) is 11.6 Å². The molecule has 0 bridgehead atoms. The number of rotatable bonds is 4. The standard InChI is InChI=1S/C19H15ClF3N3O3S/c1-11-8-17(24-18(27)12-4-3-5-14(9-12)30(2,28)29)26(25-11)16-10-13(19(21,22)23)6-7-15(16)20/h3-10H,1-2H3,(H,24,27). The van der Waals surface area contributed by atoms with Gasteiger partial charge in [0.05, 0.1) is 26.9 Å². The predicted molar refractivity (Wildman–Crippen MR) is 106 cm³/mol. The van der Waals surface area contributed by atoms with Crippen LogP contribution in [0, 0.1) is 6.92 Å². The molecule has 0 aliphatic heterocycles. The van der Waals surface area contributed by atoms with Crippen LogP contribution in [0.25, 0.3) is 5.69 Å². The van der Waals surface area contributed by atoms with Crippen LogP contribution in [0.1, 0.15) is 21.6 Å². The molecule has 0 aliphatic rings. The molecule has 3 rings (SSSR count).